The van der Waals surface area contributed by atoms with Crippen molar-refractivity contribution in [3.63, 3.8) is 0 Å². The van der Waals surface area contributed by atoms with Gasteiger partial charge in [0.2, 0.25) is 5.91 Å². The zero-order chi connectivity index (χ0) is 19.5. The highest BCUT2D eigenvalue weighted by molar-refractivity contribution is 6.05. The highest BCUT2D eigenvalue weighted by atomic mass is 16.5. The monoisotopic (exact) mass is 378 g/mol. The Hall–Kier alpha value is -3.35. The molecule has 0 spiro atoms. The molecular weight excluding hydrogens is 356 g/mol. The van der Waals surface area contributed by atoms with Crippen molar-refractivity contribution < 1.29 is 14.3 Å². The van der Waals surface area contributed by atoms with Gasteiger partial charge >= 0.3 is 0 Å². The van der Waals surface area contributed by atoms with Crippen molar-refractivity contribution in [1.29, 1.82) is 0 Å². The molecule has 0 bridgehead atoms. The van der Waals surface area contributed by atoms with E-state index in [1.807, 2.05) is 41.3 Å². The maximum atomic E-state index is 12.9. The number of hydrogen-bond donors (Lipinski definition) is 1. The van der Waals surface area contributed by atoms with E-state index in [1.165, 1.54) is 0 Å². The summed E-state index contributed by atoms with van der Waals surface area (Å²) in [5.41, 5.74) is 1.83. The summed E-state index contributed by atoms with van der Waals surface area (Å²) in [6, 6.07) is 14.7. The molecule has 1 aliphatic rings. The molecule has 4 rings (SSSR count). The largest absolute Gasteiger partial charge is 0.497 e. The third kappa shape index (κ3) is 3.55. The van der Waals surface area contributed by atoms with Crippen LogP contribution in [0.3, 0.4) is 0 Å². The number of nitrogens with one attached hydrogen (secondary N) is 1. The molecule has 1 aromatic heterocycles. The van der Waals surface area contributed by atoms with Crippen molar-refractivity contribution in [2.24, 2.45) is 0 Å². The van der Waals surface area contributed by atoms with Gasteiger partial charge in [-0.1, -0.05) is 24.3 Å². The van der Waals surface area contributed by atoms with Crippen LogP contribution in [-0.4, -0.2) is 46.7 Å². The average molecular weight is 378 g/mol. The molecule has 1 saturated heterocycles. The third-order valence-corrected chi connectivity index (χ3v) is 4.90. The summed E-state index contributed by atoms with van der Waals surface area (Å²) in [7, 11) is 1.58. The molecule has 7 nitrogen and oxygen atoms in total. The van der Waals surface area contributed by atoms with Gasteiger partial charge in [0.05, 0.1) is 12.6 Å². The van der Waals surface area contributed by atoms with Gasteiger partial charge in [0, 0.05) is 30.2 Å². The summed E-state index contributed by atoms with van der Waals surface area (Å²) >= 11 is 0. The summed E-state index contributed by atoms with van der Waals surface area (Å²) in [6.07, 6.45) is 2.04. The van der Waals surface area contributed by atoms with Crippen LogP contribution in [-0.2, 0) is 11.3 Å². The Balaban J connectivity index is 1.58. The second-order valence-electron chi connectivity index (χ2n) is 6.80. The van der Waals surface area contributed by atoms with Crippen molar-refractivity contribution >= 4 is 28.4 Å². The van der Waals surface area contributed by atoms with Crippen molar-refractivity contribution in [3.8, 4) is 5.75 Å². The van der Waals surface area contributed by atoms with Crippen LogP contribution in [0, 0.1) is 0 Å². The molecule has 1 fully saturated rings. The topological polar surface area (TPSA) is 76.5 Å². The van der Waals surface area contributed by atoms with E-state index in [0.29, 0.717) is 17.1 Å². The first-order valence-electron chi connectivity index (χ1n) is 9.34. The van der Waals surface area contributed by atoms with Gasteiger partial charge < -0.3 is 15.0 Å². The number of likely N-dealkylation sites (tertiary alicyclic amines) is 1. The highest BCUT2D eigenvalue weighted by Crippen LogP contribution is 2.22. The van der Waals surface area contributed by atoms with Gasteiger partial charge in [-0.25, -0.2) is 0 Å². The van der Waals surface area contributed by atoms with E-state index in [0.717, 1.165) is 36.8 Å². The Morgan fingerprint density at radius 2 is 1.89 bits per heavy atom. The fourth-order valence-electron chi connectivity index (χ4n) is 3.51. The normalized spacial score (nSPS) is 13.7. The molecule has 2 aromatic carbocycles. The number of ether oxygens (including phenoxy) is 1. The Morgan fingerprint density at radius 1 is 1.11 bits per heavy atom. The lowest BCUT2D eigenvalue weighted by atomic mass is 10.2. The molecule has 0 saturated carbocycles. The summed E-state index contributed by atoms with van der Waals surface area (Å²) in [5, 5.41) is 8.11. The first-order chi connectivity index (χ1) is 13.7. The highest BCUT2D eigenvalue weighted by Gasteiger charge is 2.25. The summed E-state index contributed by atoms with van der Waals surface area (Å²) in [4.78, 5) is 27.2. The zero-order valence-electron chi connectivity index (χ0n) is 15.7. The molecule has 0 radical (unpaired) electrons. The number of carbonyl (C=O) groups excluding carboxylic acids is 2. The predicted molar refractivity (Wildman–Crippen MR) is 106 cm³/mol. The van der Waals surface area contributed by atoms with Gasteiger partial charge in [-0.05, 0) is 31.0 Å². The molecule has 0 unspecified atom stereocenters. The van der Waals surface area contributed by atoms with Gasteiger partial charge in [0.15, 0.2) is 5.69 Å². The summed E-state index contributed by atoms with van der Waals surface area (Å²) in [5.74, 6) is 0.378. The van der Waals surface area contributed by atoms with Crippen LogP contribution >= 0.6 is 0 Å². The van der Waals surface area contributed by atoms with E-state index < -0.39 is 0 Å². The van der Waals surface area contributed by atoms with E-state index in [2.05, 4.69) is 10.4 Å². The number of aromatic nitrogens is 2. The van der Waals surface area contributed by atoms with Crippen molar-refractivity contribution in [2.75, 3.05) is 25.5 Å². The van der Waals surface area contributed by atoms with Gasteiger partial charge in [0.1, 0.15) is 12.3 Å². The Kier molecular flexibility index (Phi) is 4.97. The SMILES string of the molecule is COc1cccc(NC(=O)Cn2nc(C(=O)N3CCCC3)c3ccccc32)c1. The summed E-state index contributed by atoms with van der Waals surface area (Å²) in [6.45, 7) is 1.54. The molecule has 3 aromatic rings. The molecule has 0 aliphatic carbocycles. The van der Waals surface area contributed by atoms with Gasteiger partial charge in [-0.15, -0.1) is 0 Å². The Bertz CT molecular complexity index is 1020. The minimum absolute atomic E-state index is 0.0189. The Labute approximate surface area is 162 Å². The lowest BCUT2D eigenvalue weighted by Gasteiger charge is -2.13. The minimum Gasteiger partial charge on any atom is -0.497 e. The van der Waals surface area contributed by atoms with E-state index in [-0.39, 0.29) is 18.4 Å². The summed E-state index contributed by atoms with van der Waals surface area (Å²) < 4.78 is 6.77. The number of methoxy groups -OCH3 is 1. The number of benzene rings is 2. The van der Waals surface area contributed by atoms with Crippen LogP contribution < -0.4 is 10.1 Å². The smallest absolute Gasteiger partial charge is 0.275 e. The number of nitrogens with zero attached hydrogens (tertiary/aromatic N) is 3. The molecule has 2 heterocycles. The lowest BCUT2D eigenvalue weighted by Crippen LogP contribution is -2.28. The number of para-hydroxylation sites is 1. The maximum Gasteiger partial charge on any atom is 0.275 e. The zero-order valence-corrected chi connectivity index (χ0v) is 15.7. The quantitative estimate of drug-likeness (QED) is 0.741. The number of hydrogen-bond acceptors (Lipinski definition) is 4. The third-order valence-electron chi connectivity index (χ3n) is 4.90. The molecule has 1 N–H and O–H groups in total. The molecule has 28 heavy (non-hydrogen) atoms. The number of fused-ring (bicyclic) bond motifs is 1. The van der Waals surface area contributed by atoms with Crippen LogP contribution in [0.5, 0.6) is 5.75 Å². The average Bonchev–Trinajstić information content (AvgIpc) is 3.36. The first kappa shape index (κ1) is 18.0. The van der Waals surface area contributed by atoms with Gasteiger partial charge in [-0.2, -0.15) is 5.10 Å². The van der Waals surface area contributed by atoms with Gasteiger partial charge in [0.25, 0.3) is 5.91 Å². The molecule has 0 atom stereocenters. The van der Waals surface area contributed by atoms with E-state index in [1.54, 1.807) is 23.9 Å². The van der Waals surface area contributed by atoms with Crippen LogP contribution in [0.4, 0.5) is 5.69 Å². The minimum atomic E-state index is -0.221. The molecule has 144 valence electrons. The number of amides is 2. The standard InChI is InChI=1S/C21H22N4O3/c1-28-16-8-6-7-15(13-16)22-19(26)14-25-18-10-3-2-9-17(18)20(23-25)21(27)24-11-4-5-12-24/h2-3,6-10,13H,4-5,11-12,14H2,1H3,(H,22,26). The fraction of sp³-hybridized carbons (Fsp3) is 0.286. The van der Waals surface area contributed by atoms with Gasteiger partial charge in [-0.3, -0.25) is 14.3 Å². The lowest BCUT2D eigenvalue weighted by molar-refractivity contribution is -0.116. The van der Waals surface area contributed by atoms with Crippen molar-refractivity contribution in [3.05, 3.63) is 54.2 Å². The molecule has 7 heteroatoms. The number of anilines is 1. The van der Waals surface area contributed by atoms with E-state index in [9.17, 15) is 9.59 Å². The van der Waals surface area contributed by atoms with Crippen molar-refractivity contribution in [2.45, 2.75) is 19.4 Å². The Morgan fingerprint density at radius 3 is 2.68 bits per heavy atom. The number of rotatable bonds is 5. The second kappa shape index (κ2) is 7.72. The van der Waals surface area contributed by atoms with Crippen LogP contribution in [0.2, 0.25) is 0 Å². The second-order valence-corrected chi connectivity index (χ2v) is 6.80. The van der Waals surface area contributed by atoms with Crippen LogP contribution in [0.25, 0.3) is 10.9 Å². The van der Waals surface area contributed by atoms with Crippen LogP contribution in [0.1, 0.15) is 23.3 Å². The molecule has 1 aliphatic heterocycles. The predicted octanol–water partition coefficient (Wildman–Crippen LogP) is 2.92. The first-order valence-corrected chi connectivity index (χ1v) is 9.34. The van der Waals surface area contributed by atoms with Crippen LogP contribution in [0.15, 0.2) is 48.5 Å². The van der Waals surface area contributed by atoms with E-state index >= 15 is 0 Å². The van der Waals surface area contributed by atoms with Crippen molar-refractivity contribution in [1.82, 2.24) is 14.7 Å². The maximum absolute atomic E-state index is 12.9. The van der Waals surface area contributed by atoms with E-state index in [4.69, 9.17) is 4.74 Å². The molecule has 2 amide bonds. The number of carbonyl (C=O) groups is 2. The fourth-order valence-corrected chi connectivity index (χ4v) is 3.51. The molecular formula is C21H22N4O3.